The number of aromatic nitrogens is 1. The van der Waals surface area contributed by atoms with E-state index in [1.54, 1.807) is 11.8 Å². The number of benzene rings is 1. The molecule has 4 nitrogen and oxygen atoms in total. The maximum absolute atomic E-state index is 11.7. The molecule has 0 spiro atoms. The van der Waals surface area contributed by atoms with Crippen molar-refractivity contribution in [1.82, 2.24) is 4.98 Å². The molecule has 124 valence electrons. The van der Waals surface area contributed by atoms with E-state index in [0.29, 0.717) is 9.90 Å². The Labute approximate surface area is 156 Å². The Morgan fingerprint density at radius 3 is 2.88 bits per heavy atom. The molecule has 0 bridgehead atoms. The summed E-state index contributed by atoms with van der Waals surface area (Å²) in [7, 11) is 1.38. The summed E-state index contributed by atoms with van der Waals surface area (Å²) in [5.74, 6) is -0.328. The van der Waals surface area contributed by atoms with E-state index < -0.39 is 0 Å². The van der Waals surface area contributed by atoms with Gasteiger partial charge in [0.2, 0.25) is 0 Å². The number of halogens is 1. The van der Waals surface area contributed by atoms with Crippen LogP contribution in [0.5, 0.6) is 0 Å². The average Bonchev–Trinajstić information content (AvgIpc) is 3.22. The number of para-hydroxylation sites is 1. The summed E-state index contributed by atoms with van der Waals surface area (Å²) in [5.41, 5.74) is 2.58. The Morgan fingerprint density at radius 2 is 2.17 bits per heavy atom. The van der Waals surface area contributed by atoms with Crippen molar-refractivity contribution in [2.45, 2.75) is 4.21 Å². The van der Waals surface area contributed by atoms with Gasteiger partial charge >= 0.3 is 5.97 Å². The monoisotopic (exact) mass is 396 g/mol. The third kappa shape index (κ3) is 3.59. The zero-order valence-electron chi connectivity index (χ0n) is 12.8. The third-order valence-electron chi connectivity index (χ3n) is 3.17. The molecule has 8 heteroatoms. The molecule has 3 rings (SSSR count). The minimum absolute atomic E-state index is 0.328. The summed E-state index contributed by atoms with van der Waals surface area (Å²) in [5, 5.41) is 6.57. The highest BCUT2D eigenvalue weighted by Gasteiger charge is 2.18. The quantitative estimate of drug-likeness (QED) is 0.437. The summed E-state index contributed by atoms with van der Waals surface area (Å²) in [6, 6.07) is 9.35. The van der Waals surface area contributed by atoms with Crippen LogP contribution in [-0.4, -0.2) is 24.3 Å². The molecule has 3 aromatic rings. The first-order chi connectivity index (χ1) is 11.6. The number of thiophene rings is 1. The topological polar surface area (TPSA) is 51.2 Å². The van der Waals surface area contributed by atoms with Crippen LogP contribution < -0.4 is 5.32 Å². The molecule has 0 atom stereocenters. The van der Waals surface area contributed by atoms with Crippen molar-refractivity contribution in [2.24, 2.45) is 0 Å². The number of anilines is 2. The van der Waals surface area contributed by atoms with E-state index in [9.17, 15) is 4.79 Å². The summed E-state index contributed by atoms with van der Waals surface area (Å²) in [6.45, 7) is 0. The van der Waals surface area contributed by atoms with Crippen LogP contribution in [0.15, 0.2) is 39.9 Å². The van der Waals surface area contributed by atoms with E-state index in [2.05, 4.69) is 10.3 Å². The first-order valence-corrected chi connectivity index (χ1v) is 10.2. The largest absolute Gasteiger partial charge is 0.465 e. The molecule has 2 heterocycles. The van der Waals surface area contributed by atoms with Crippen molar-refractivity contribution in [3.05, 3.63) is 45.6 Å². The van der Waals surface area contributed by atoms with Gasteiger partial charge in [0.25, 0.3) is 0 Å². The number of ether oxygens (including phenoxy) is 1. The van der Waals surface area contributed by atoms with Crippen molar-refractivity contribution < 1.29 is 9.53 Å². The number of nitrogens with zero attached hydrogens (tertiary/aromatic N) is 1. The lowest BCUT2D eigenvalue weighted by molar-refractivity contribution is 0.0606. The maximum Gasteiger partial charge on any atom is 0.348 e. The molecule has 24 heavy (non-hydrogen) atoms. The number of esters is 1. The fraction of sp³-hybridized carbons (Fsp3) is 0.125. The fourth-order valence-electron chi connectivity index (χ4n) is 2.04. The summed E-state index contributed by atoms with van der Waals surface area (Å²) in [4.78, 5) is 16.9. The maximum atomic E-state index is 11.7. The van der Waals surface area contributed by atoms with Gasteiger partial charge in [0.05, 0.1) is 27.7 Å². The van der Waals surface area contributed by atoms with Gasteiger partial charge in [-0.2, -0.15) is 0 Å². The standard InChI is InChI=1S/C16H13ClN2O2S3/c1-21-14(20)13-7-9(15(22-2)24-13)12-8-23-16(19-12)18-11-6-4-3-5-10(11)17/h3-8H,1-2H3,(H,18,19). The molecule has 1 aromatic carbocycles. The highest BCUT2D eigenvalue weighted by atomic mass is 35.5. The molecule has 0 fully saturated rings. The Morgan fingerprint density at radius 1 is 1.38 bits per heavy atom. The van der Waals surface area contributed by atoms with Crippen molar-refractivity contribution in [2.75, 3.05) is 18.7 Å². The molecular weight excluding hydrogens is 384 g/mol. The van der Waals surface area contributed by atoms with Gasteiger partial charge in [-0.05, 0) is 24.5 Å². The molecule has 0 aliphatic rings. The first kappa shape index (κ1) is 17.3. The lowest BCUT2D eigenvalue weighted by Crippen LogP contribution is -1.96. The van der Waals surface area contributed by atoms with Crippen LogP contribution in [0.25, 0.3) is 11.3 Å². The predicted octanol–water partition coefficient (Wildman–Crippen LogP) is 5.78. The fourth-order valence-corrected chi connectivity index (χ4v) is 4.75. The van der Waals surface area contributed by atoms with E-state index in [0.717, 1.165) is 26.3 Å². The van der Waals surface area contributed by atoms with Crippen molar-refractivity contribution in [3.63, 3.8) is 0 Å². The Hall–Kier alpha value is -1.54. The molecule has 0 amide bonds. The minimum Gasteiger partial charge on any atom is -0.465 e. The zero-order chi connectivity index (χ0) is 17.1. The number of carbonyl (C=O) groups is 1. The number of nitrogens with one attached hydrogen (secondary N) is 1. The molecule has 0 unspecified atom stereocenters. The van der Waals surface area contributed by atoms with Gasteiger partial charge < -0.3 is 10.1 Å². The van der Waals surface area contributed by atoms with E-state index in [4.69, 9.17) is 16.3 Å². The van der Waals surface area contributed by atoms with Gasteiger partial charge in [-0.15, -0.1) is 34.4 Å². The first-order valence-electron chi connectivity index (χ1n) is 6.86. The Balaban J connectivity index is 1.89. The normalized spacial score (nSPS) is 10.6. The van der Waals surface area contributed by atoms with Crippen LogP contribution in [-0.2, 0) is 4.74 Å². The highest BCUT2D eigenvalue weighted by Crippen LogP contribution is 2.39. The number of rotatable bonds is 5. The number of thiazole rings is 1. The van der Waals surface area contributed by atoms with Crippen LogP contribution in [0.3, 0.4) is 0 Å². The van der Waals surface area contributed by atoms with Gasteiger partial charge in [-0.1, -0.05) is 23.7 Å². The molecule has 0 radical (unpaired) electrons. The number of carbonyl (C=O) groups excluding carboxylic acids is 1. The van der Waals surface area contributed by atoms with Crippen LogP contribution in [0.1, 0.15) is 9.67 Å². The number of thioether (sulfide) groups is 1. The van der Waals surface area contributed by atoms with E-state index in [-0.39, 0.29) is 5.97 Å². The number of hydrogen-bond donors (Lipinski definition) is 1. The van der Waals surface area contributed by atoms with Gasteiger partial charge in [-0.3, -0.25) is 0 Å². The van der Waals surface area contributed by atoms with Gasteiger partial charge in [0.1, 0.15) is 4.88 Å². The lowest BCUT2D eigenvalue weighted by atomic mass is 10.2. The van der Waals surface area contributed by atoms with Crippen molar-refractivity contribution >= 4 is 62.8 Å². The van der Waals surface area contributed by atoms with Crippen LogP contribution in [0.4, 0.5) is 10.8 Å². The van der Waals surface area contributed by atoms with Crippen LogP contribution in [0.2, 0.25) is 5.02 Å². The number of methoxy groups -OCH3 is 1. The van der Waals surface area contributed by atoms with Crippen molar-refractivity contribution in [1.29, 1.82) is 0 Å². The molecular formula is C16H13ClN2O2S3. The molecule has 0 saturated carbocycles. The summed E-state index contributed by atoms with van der Waals surface area (Å²) in [6.07, 6.45) is 1.98. The predicted molar refractivity (Wildman–Crippen MR) is 103 cm³/mol. The molecule has 0 aliphatic heterocycles. The highest BCUT2D eigenvalue weighted by molar-refractivity contribution is 8.00. The second-order valence-corrected chi connectivity index (χ2v) is 8.04. The SMILES string of the molecule is COC(=O)c1cc(-c2csc(Nc3ccccc3Cl)n2)c(SC)s1. The average molecular weight is 397 g/mol. The van der Waals surface area contributed by atoms with Crippen molar-refractivity contribution in [3.8, 4) is 11.3 Å². The third-order valence-corrected chi connectivity index (χ3v) is 6.50. The van der Waals surface area contributed by atoms with E-state index in [1.165, 1.54) is 29.8 Å². The smallest absolute Gasteiger partial charge is 0.348 e. The molecule has 1 N–H and O–H groups in total. The Bertz CT molecular complexity index is 876. The van der Waals surface area contributed by atoms with Gasteiger partial charge in [0, 0.05) is 10.9 Å². The summed E-state index contributed by atoms with van der Waals surface area (Å²) >= 11 is 10.7. The van der Waals surface area contributed by atoms with Gasteiger partial charge in [0.15, 0.2) is 5.13 Å². The second-order valence-electron chi connectivity index (χ2n) is 4.65. The van der Waals surface area contributed by atoms with E-state index >= 15 is 0 Å². The molecule has 0 saturated heterocycles. The molecule has 2 aromatic heterocycles. The lowest BCUT2D eigenvalue weighted by Gasteiger charge is -2.04. The Kier molecular flexibility index (Phi) is 5.45. The zero-order valence-corrected chi connectivity index (χ0v) is 16.0. The van der Waals surface area contributed by atoms with Crippen LogP contribution in [0, 0.1) is 0 Å². The van der Waals surface area contributed by atoms with Crippen LogP contribution >= 0.6 is 46.0 Å². The van der Waals surface area contributed by atoms with Gasteiger partial charge in [-0.25, -0.2) is 9.78 Å². The number of hydrogen-bond acceptors (Lipinski definition) is 7. The molecule has 0 aliphatic carbocycles. The summed E-state index contributed by atoms with van der Waals surface area (Å²) < 4.78 is 5.83. The van der Waals surface area contributed by atoms with E-state index in [1.807, 2.05) is 42.0 Å². The minimum atomic E-state index is -0.328. The second kappa shape index (κ2) is 7.57.